The Labute approximate surface area is 114 Å². The number of benzene rings is 1. The van der Waals surface area contributed by atoms with E-state index in [1.165, 1.54) is 13.8 Å². The number of hydrogen-bond acceptors (Lipinski definition) is 4. The number of nitro benzene ring substituents is 1. The first-order valence-electron chi connectivity index (χ1n) is 5.67. The summed E-state index contributed by atoms with van der Waals surface area (Å²) in [5.41, 5.74) is 3.12. The highest BCUT2D eigenvalue weighted by Crippen LogP contribution is 2.20. The number of nitrogens with zero attached hydrogens (tertiary/aromatic N) is 1. The summed E-state index contributed by atoms with van der Waals surface area (Å²) in [5.74, 6) is -2.25. The van der Waals surface area contributed by atoms with E-state index in [1.807, 2.05) is 0 Å². The molecule has 0 saturated carbocycles. The zero-order valence-corrected chi connectivity index (χ0v) is 11.0. The van der Waals surface area contributed by atoms with Crippen LogP contribution in [0.15, 0.2) is 18.2 Å². The normalized spacial score (nSPS) is 10.9. The molecule has 0 atom stereocenters. The lowest BCUT2D eigenvalue weighted by Gasteiger charge is -2.24. The Hall–Kier alpha value is -2.51. The van der Waals surface area contributed by atoms with Gasteiger partial charge in [-0.25, -0.2) is 4.39 Å². The summed E-state index contributed by atoms with van der Waals surface area (Å²) >= 11 is 0. The monoisotopic (exact) mass is 283 g/mol. The summed E-state index contributed by atoms with van der Waals surface area (Å²) in [4.78, 5) is 32.9. The van der Waals surface area contributed by atoms with E-state index in [9.17, 15) is 24.1 Å². The number of carbonyl (C=O) groups is 2. The maximum absolute atomic E-state index is 13.1. The predicted molar refractivity (Wildman–Crippen MR) is 68.4 cm³/mol. The van der Waals surface area contributed by atoms with Gasteiger partial charge >= 0.3 is 0 Å². The average molecular weight is 283 g/mol. The first-order valence-corrected chi connectivity index (χ1v) is 5.67. The lowest BCUT2D eigenvalue weighted by molar-refractivity contribution is -0.385. The van der Waals surface area contributed by atoms with Crippen molar-refractivity contribution in [2.45, 2.75) is 25.8 Å². The highest BCUT2D eigenvalue weighted by Gasteiger charge is 2.27. The van der Waals surface area contributed by atoms with Gasteiger partial charge in [-0.05, 0) is 26.0 Å². The number of rotatable bonds is 5. The molecule has 1 aromatic carbocycles. The number of halogens is 1. The predicted octanol–water partition coefficient (Wildman–Crippen LogP) is 1.12. The molecule has 2 amide bonds. The van der Waals surface area contributed by atoms with Gasteiger partial charge in [0, 0.05) is 18.0 Å². The Morgan fingerprint density at radius 1 is 1.45 bits per heavy atom. The largest absolute Gasteiger partial charge is 0.370 e. The number of nitrogens with one attached hydrogen (secondary N) is 1. The van der Waals surface area contributed by atoms with Crippen LogP contribution in [0, 0.1) is 15.9 Å². The Balaban J connectivity index is 3.06. The van der Waals surface area contributed by atoms with E-state index in [-0.39, 0.29) is 6.42 Å². The number of carbonyl (C=O) groups excluding carboxylic acids is 2. The number of hydrogen-bond donors (Lipinski definition) is 2. The van der Waals surface area contributed by atoms with Crippen molar-refractivity contribution in [2.75, 3.05) is 0 Å². The van der Waals surface area contributed by atoms with Crippen molar-refractivity contribution in [1.29, 1.82) is 0 Å². The third-order valence-corrected chi connectivity index (χ3v) is 2.47. The number of nitrogens with two attached hydrogens (primary N) is 1. The van der Waals surface area contributed by atoms with Crippen molar-refractivity contribution in [2.24, 2.45) is 5.73 Å². The van der Waals surface area contributed by atoms with Crippen LogP contribution in [0.2, 0.25) is 0 Å². The lowest BCUT2D eigenvalue weighted by atomic mass is 9.99. The van der Waals surface area contributed by atoms with Gasteiger partial charge in [0.2, 0.25) is 5.91 Å². The van der Waals surface area contributed by atoms with Gasteiger partial charge in [-0.3, -0.25) is 19.7 Å². The Morgan fingerprint density at radius 3 is 2.55 bits per heavy atom. The van der Waals surface area contributed by atoms with Crippen molar-refractivity contribution < 1.29 is 18.9 Å². The zero-order chi connectivity index (χ0) is 15.5. The van der Waals surface area contributed by atoms with E-state index in [0.29, 0.717) is 0 Å². The summed E-state index contributed by atoms with van der Waals surface area (Å²) in [6, 6.07) is 2.57. The highest BCUT2D eigenvalue weighted by molar-refractivity contribution is 5.98. The van der Waals surface area contributed by atoms with Gasteiger partial charge in [-0.2, -0.15) is 0 Å². The molecule has 0 aliphatic rings. The SMILES string of the molecule is CC(C)(CC(N)=O)NC(=O)c1cc(F)ccc1[N+](=O)[O-]. The molecule has 8 heteroatoms. The maximum Gasteiger partial charge on any atom is 0.282 e. The van der Waals surface area contributed by atoms with Crippen molar-refractivity contribution in [1.82, 2.24) is 5.32 Å². The summed E-state index contributed by atoms with van der Waals surface area (Å²) in [6.07, 6.45) is -0.151. The summed E-state index contributed by atoms with van der Waals surface area (Å²) in [5, 5.41) is 13.2. The molecule has 0 radical (unpaired) electrons. The molecule has 20 heavy (non-hydrogen) atoms. The average Bonchev–Trinajstić information content (AvgIpc) is 2.25. The molecule has 0 aliphatic carbocycles. The first kappa shape index (κ1) is 15.5. The second-order valence-corrected chi connectivity index (χ2v) is 4.90. The van der Waals surface area contributed by atoms with Gasteiger partial charge in [-0.1, -0.05) is 0 Å². The van der Waals surface area contributed by atoms with E-state index in [4.69, 9.17) is 5.73 Å². The van der Waals surface area contributed by atoms with E-state index in [1.54, 1.807) is 0 Å². The van der Waals surface area contributed by atoms with Crippen LogP contribution in [0.3, 0.4) is 0 Å². The van der Waals surface area contributed by atoms with Gasteiger partial charge in [0.25, 0.3) is 11.6 Å². The summed E-state index contributed by atoms with van der Waals surface area (Å²) < 4.78 is 13.1. The topological polar surface area (TPSA) is 115 Å². The molecular formula is C12H14FN3O4. The van der Waals surface area contributed by atoms with Crippen LogP contribution >= 0.6 is 0 Å². The van der Waals surface area contributed by atoms with E-state index in [0.717, 1.165) is 18.2 Å². The Bertz CT molecular complexity index is 572. The standard InChI is InChI=1S/C12H14FN3O4/c1-12(2,6-10(14)17)15-11(18)8-5-7(13)3-4-9(8)16(19)20/h3-5H,6H2,1-2H3,(H2,14,17)(H,15,18). The Morgan fingerprint density at radius 2 is 2.05 bits per heavy atom. The van der Waals surface area contributed by atoms with Crippen LogP contribution in [0.5, 0.6) is 0 Å². The van der Waals surface area contributed by atoms with Crippen LogP contribution in [0.4, 0.5) is 10.1 Å². The molecule has 0 spiro atoms. The Kier molecular flexibility index (Phi) is 4.38. The molecule has 0 saturated heterocycles. The number of amides is 2. The minimum Gasteiger partial charge on any atom is -0.370 e. The van der Waals surface area contributed by atoms with Crippen LogP contribution in [0.25, 0.3) is 0 Å². The fourth-order valence-corrected chi connectivity index (χ4v) is 1.70. The van der Waals surface area contributed by atoms with Gasteiger partial charge < -0.3 is 11.1 Å². The van der Waals surface area contributed by atoms with E-state index >= 15 is 0 Å². The van der Waals surface area contributed by atoms with Gasteiger partial charge in [0.1, 0.15) is 11.4 Å². The van der Waals surface area contributed by atoms with Crippen LogP contribution in [-0.2, 0) is 4.79 Å². The maximum atomic E-state index is 13.1. The van der Waals surface area contributed by atoms with Crippen molar-refractivity contribution in [3.05, 3.63) is 39.7 Å². The highest BCUT2D eigenvalue weighted by atomic mass is 19.1. The fraction of sp³-hybridized carbons (Fsp3) is 0.333. The van der Waals surface area contributed by atoms with Crippen LogP contribution in [-0.4, -0.2) is 22.3 Å². The second-order valence-electron chi connectivity index (χ2n) is 4.90. The van der Waals surface area contributed by atoms with Gasteiger partial charge in [-0.15, -0.1) is 0 Å². The first-order chi connectivity index (χ1) is 9.12. The molecule has 1 aromatic rings. The smallest absolute Gasteiger partial charge is 0.282 e. The van der Waals surface area contributed by atoms with Gasteiger partial charge in [0.05, 0.1) is 4.92 Å². The van der Waals surface area contributed by atoms with Crippen molar-refractivity contribution in [3.63, 3.8) is 0 Å². The van der Waals surface area contributed by atoms with Gasteiger partial charge in [0.15, 0.2) is 0 Å². The molecule has 0 fully saturated rings. The molecule has 3 N–H and O–H groups in total. The molecule has 0 unspecified atom stereocenters. The third-order valence-electron chi connectivity index (χ3n) is 2.47. The minimum atomic E-state index is -0.997. The molecule has 0 aromatic heterocycles. The van der Waals surface area contributed by atoms with Crippen LogP contribution in [0.1, 0.15) is 30.6 Å². The van der Waals surface area contributed by atoms with E-state index in [2.05, 4.69) is 5.32 Å². The fourth-order valence-electron chi connectivity index (χ4n) is 1.70. The van der Waals surface area contributed by atoms with Crippen LogP contribution < -0.4 is 11.1 Å². The zero-order valence-electron chi connectivity index (χ0n) is 11.0. The minimum absolute atomic E-state index is 0.151. The van der Waals surface area contributed by atoms with Crippen molar-refractivity contribution in [3.8, 4) is 0 Å². The summed E-state index contributed by atoms with van der Waals surface area (Å²) in [6.45, 7) is 3.06. The molecule has 0 aliphatic heterocycles. The van der Waals surface area contributed by atoms with E-state index < -0.39 is 39.3 Å². The molecule has 108 valence electrons. The number of primary amides is 1. The molecular weight excluding hydrogens is 269 g/mol. The quantitative estimate of drug-likeness (QED) is 0.622. The lowest BCUT2D eigenvalue weighted by Crippen LogP contribution is -2.46. The number of nitro groups is 1. The molecule has 0 bridgehead atoms. The molecule has 7 nitrogen and oxygen atoms in total. The summed E-state index contributed by atoms with van der Waals surface area (Å²) in [7, 11) is 0. The molecule has 1 rings (SSSR count). The molecule has 0 heterocycles. The van der Waals surface area contributed by atoms with Crippen molar-refractivity contribution >= 4 is 17.5 Å². The second kappa shape index (κ2) is 5.64. The third kappa shape index (κ3) is 4.01.